The van der Waals surface area contributed by atoms with Crippen LogP contribution in [0.1, 0.15) is 31.2 Å². The molecule has 26 heavy (non-hydrogen) atoms. The molecule has 2 rings (SSSR count). The Kier molecular flexibility index (Phi) is 7.44. The molecule has 1 aromatic carbocycles. The number of piperidine rings is 1. The number of hydrogen-bond donors (Lipinski definition) is 2. The highest BCUT2D eigenvalue weighted by Gasteiger charge is 2.29. The van der Waals surface area contributed by atoms with E-state index >= 15 is 0 Å². The second-order valence-electron chi connectivity index (χ2n) is 6.58. The lowest BCUT2D eigenvalue weighted by molar-refractivity contribution is -0.147. The Hall–Kier alpha value is -2.57. The Morgan fingerprint density at radius 3 is 2.69 bits per heavy atom. The highest BCUT2D eigenvalue weighted by Crippen LogP contribution is 2.18. The number of urea groups is 1. The van der Waals surface area contributed by atoms with Gasteiger partial charge in [-0.3, -0.25) is 9.59 Å². The van der Waals surface area contributed by atoms with Gasteiger partial charge in [-0.15, -0.1) is 0 Å². The van der Waals surface area contributed by atoms with Crippen LogP contribution in [0.25, 0.3) is 0 Å². The first-order chi connectivity index (χ1) is 12.5. The molecule has 0 aliphatic carbocycles. The minimum Gasteiger partial charge on any atom is -0.481 e. The van der Waals surface area contributed by atoms with Gasteiger partial charge in [0.05, 0.1) is 13.0 Å². The molecule has 2 amide bonds. The molecule has 0 radical (unpaired) electrons. The van der Waals surface area contributed by atoms with Crippen molar-refractivity contribution < 1.29 is 24.2 Å². The van der Waals surface area contributed by atoms with Crippen molar-refractivity contribution in [2.24, 2.45) is 5.92 Å². The van der Waals surface area contributed by atoms with Crippen molar-refractivity contribution in [2.75, 3.05) is 20.2 Å². The fourth-order valence-electron chi connectivity index (χ4n) is 3.21. The van der Waals surface area contributed by atoms with Crippen LogP contribution in [-0.4, -0.2) is 54.2 Å². The van der Waals surface area contributed by atoms with Crippen molar-refractivity contribution in [2.45, 2.75) is 38.1 Å². The molecule has 1 saturated heterocycles. The summed E-state index contributed by atoms with van der Waals surface area (Å²) in [6, 6.07) is 9.11. The summed E-state index contributed by atoms with van der Waals surface area (Å²) in [5.41, 5.74) is 1.04. The van der Waals surface area contributed by atoms with E-state index in [1.54, 1.807) is 4.90 Å². The molecule has 1 aliphatic heterocycles. The Morgan fingerprint density at radius 1 is 1.31 bits per heavy atom. The summed E-state index contributed by atoms with van der Waals surface area (Å²) in [4.78, 5) is 36.9. The molecule has 1 fully saturated rings. The van der Waals surface area contributed by atoms with Crippen LogP contribution in [0.5, 0.6) is 0 Å². The number of carbonyl (C=O) groups excluding carboxylic acids is 2. The van der Waals surface area contributed by atoms with Gasteiger partial charge in [0.1, 0.15) is 0 Å². The first-order valence-corrected chi connectivity index (χ1v) is 8.88. The quantitative estimate of drug-likeness (QED) is 0.724. The zero-order valence-corrected chi connectivity index (χ0v) is 15.0. The number of rotatable bonds is 7. The minimum atomic E-state index is -0.888. The number of carboxylic acid groups (broad SMARTS) is 1. The Labute approximate surface area is 153 Å². The Bertz CT molecular complexity index is 620. The third-order valence-corrected chi connectivity index (χ3v) is 4.60. The predicted molar refractivity (Wildman–Crippen MR) is 95.6 cm³/mol. The number of aliphatic carboxylic acids is 1. The van der Waals surface area contributed by atoms with Gasteiger partial charge in [-0.2, -0.15) is 0 Å². The number of amides is 2. The number of ether oxygens (including phenoxy) is 1. The van der Waals surface area contributed by atoms with Crippen LogP contribution in [-0.2, 0) is 20.7 Å². The molecule has 7 heteroatoms. The number of carboxylic acids is 1. The van der Waals surface area contributed by atoms with E-state index in [9.17, 15) is 14.4 Å². The third kappa shape index (κ3) is 6.06. The van der Waals surface area contributed by atoms with Crippen molar-refractivity contribution in [3.8, 4) is 0 Å². The summed E-state index contributed by atoms with van der Waals surface area (Å²) in [7, 11) is 1.35. The Morgan fingerprint density at radius 2 is 2.04 bits per heavy atom. The van der Waals surface area contributed by atoms with Crippen LogP contribution in [0, 0.1) is 5.92 Å². The first-order valence-electron chi connectivity index (χ1n) is 8.88. The highest BCUT2D eigenvalue weighted by atomic mass is 16.5. The SMILES string of the molecule is COC(=O)[C@H]1CCCN(C(=O)NC(CCC(=O)O)Cc2ccccc2)C1. The molecule has 2 N–H and O–H groups in total. The van der Waals surface area contributed by atoms with Crippen molar-refractivity contribution in [1.29, 1.82) is 0 Å². The van der Waals surface area contributed by atoms with Crippen molar-refractivity contribution in [1.82, 2.24) is 10.2 Å². The molecule has 0 bridgehead atoms. The molecule has 1 aliphatic rings. The summed E-state index contributed by atoms with van der Waals surface area (Å²) in [6.07, 6.45) is 2.36. The van der Waals surface area contributed by atoms with E-state index in [1.807, 2.05) is 30.3 Å². The maximum Gasteiger partial charge on any atom is 0.317 e. The second kappa shape index (κ2) is 9.79. The molecule has 1 aromatic rings. The maximum atomic E-state index is 12.6. The second-order valence-corrected chi connectivity index (χ2v) is 6.58. The van der Waals surface area contributed by atoms with Gasteiger partial charge in [0, 0.05) is 25.6 Å². The fourth-order valence-corrected chi connectivity index (χ4v) is 3.21. The van der Waals surface area contributed by atoms with Crippen LogP contribution in [0.4, 0.5) is 4.79 Å². The lowest BCUT2D eigenvalue weighted by atomic mass is 9.98. The van der Waals surface area contributed by atoms with Gasteiger partial charge < -0.3 is 20.1 Å². The number of carbonyl (C=O) groups is 3. The molecular formula is C19H26N2O5. The number of nitrogens with one attached hydrogen (secondary N) is 1. The van der Waals surface area contributed by atoms with Gasteiger partial charge in [-0.25, -0.2) is 4.79 Å². The molecule has 1 unspecified atom stereocenters. The third-order valence-electron chi connectivity index (χ3n) is 4.60. The summed E-state index contributed by atoms with van der Waals surface area (Å²) in [5.74, 6) is -1.48. The van der Waals surface area contributed by atoms with Crippen molar-refractivity contribution in [3.05, 3.63) is 35.9 Å². The Balaban J connectivity index is 1.97. The van der Waals surface area contributed by atoms with Gasteiger partial charge in [0.25, 0.3) is 0 Å². The molecule has 142 valence electrons. The average molecular weight is 362 g/mol. The van der Waals surface area contributed by atoms with Gasteiger partial charge in [-0.1, -0.05) is 30.3 Å². The van der Waals surface area contributed by atoms with E-state index in [0.717, 1.165) is 12.0 Å². The van der Waals surface area contributed by atoms with E-state index in [-0.39, 0.29) is 30.4 Å². The molecule has 7 nitrogen and oxygen atoms in total. The minimum absolute atomic E-state index is 0.0113. The molecule has 0 aromatic heterocycles. The van der Waals surface area contributed by atoms with Crippen LogP contribution >= 0.6 is 0 Å². The maximum absolute atomic E-state index is 12.6. The van der Waals surface area contributed by atoms with Crippen LogP contribution in [0.2, 0.25) is 0 Å². The van der Waals surface area contributed by atoms with E-state index < -0.39 is 5.97 Å². The van der Waals surface area contributed by atoms with Crippen molar-refractivity contribution >= 4 is 18.0 Å². The van der Waals surface area contributed by atoms with Gasteiger partial charge >= 0.3 is 18.0 Å². The van der Waals surface area contributed by atoms with Crippen LogP contribution < -0.4 is 5.32 Å². The zero-order chi connectivity index (χ0) is 18.9. The van der Waals surface area contributed by atoms with Gasteiger partial charge in [0.2, 0.25) is 0 Å². The number of likely N-dealkylation sites (tertiary alicyclic amines) is 1. The monoisotopic (exact) mass is 362 g/mol. The van der Waals surface area contributed by atoms with Crippen LogP contribution in [0.3, 0.4) is 0 Å². The van der Waals surface area contributed by atoms with E-state index in [4.69, 9.17) is 9.84 Å². The molecular weight excluding hydrogens is 336 g/mol. The van der Waals surface area contributed by atoms with Crippen molar-refractivity contribution in [3.63, 3.8) is 0 Å². The van der Waals surface area contributed by atoms with Gasteiger partial charge in [-0.05, 0) is 31.2 Å². The molecule has 0 saturated carbocycles. The van der Waals surface area contributed by atoms with E-state index in [0.29, 0.717) is 32.4 Å². The predicted octanol–water partition coefficient (Wildman–Crippen LogP) is 2.06. The summed E-state index contributed by atoms with van der Waals surface area (Å²) >= 11 is 0. The smallest absolute Gasteiger partial charge is 0.317 e. The summed E-state index contributed by atoms with van der Waals surface area (Å²) in [6.45, 7) is 0.909. The largest absolute Gasteiger partial charge is 0.481 e. The molecule has 2 atom stereocenters. The fraction of sp³-hybridized carbons (Fsp3) is 0.526. The lowest BCUT2D eigenvalue weighted by Gasteiger charge is -2.32. The van der Waals surface area contributed by atoms with Crippen LogP contribution in [0.15, 0.2) is 30.3 Å². The first kappa shape index (κ1) is 19.8. The average Bonchev–Trinajstić information content (AvgIpc) is 2.66. The topological polar surface area (TPSA) is 95.9 Å². The number of nitrogens with zero attached hydrogens (tertiary/aromatic N) is 1. The number of hydrogen-bond acceptors (Lipinski definition) is 4. The van der Waals surface area contributed by atoms with E-state index in [2.05, 4.69) is 5.32 Å². The number of benzene rings is 1. The molecule has 0 spiro atoms. The number of methoxy groups -OCH3 is 1. The summed E-state index contributed by atoms with van der Waals surface area (Å²) < 4.78 is 4.78. The highest BCUT2D eigenvalue weighted by molar-refractivity contribution is 5.77. The van der Waals surface area contributed by atoms with Gasteiger partial charge in [0.15, 0.2) is 0 Å². The standard InChI is InChI=1S/C19H26N2O5/c1-26-18(24)15-8-5-11-21(13-15)19(25)20-16(9-10-17(22)23)12-14-6-3-2-4-7-14/h2-4,6-7,15-16H,5,8-13H2,1H3,(H,20,25)(H,22,23)/t15-,16?/m0/s1. The zero-order valence-electron chi connectivity index (χ0n) is 15.0. The molecule has 1 heterocycles. The lowest BCUT2D eigenvalue weighted by Crippen LogP contribution is -2.50. The number of esters is 1. The van der Waals surface area contributed by atoms with E-state index in [1.165, 1.54) is 7.11 Å². The summed E-state index contributed by atoms with van der Waals surface area (Å²) in [5, 5.41) is 11.9. The normalized spacial score (nSPS) is 18.0.